The molecular formula is C23H24Cl2N2O3. The van der Waals surface area contributed by atoms with E-state index >= 15 is 0 Å². The summed E-state index contributed by atoms with van der Waals surface area (Å²) in [6.07, 6.45) is 1.71. The summed E-state index contributed by atoms with van der Waals surface area (Å²) in [5.74, 6) is -0.321. The third-order valence-electron chi connectivity index (χ3n) is 5.30. The van der Waals surface area contributed by atoms with Crippen molar-refractivity contribution in [2.75, 3.05) is 13.1 Å². The number of nitrogens with zero attached hydrogens (tertiary/aromatic N) is 1. The number of piperidine rings is 1. The van der Waals surface area contributed by atoms with Crippen LogP contribution in [0.2, 0.25) is 10.0 Å². The SMILES string of the molecule is Cc1ccc(C(=O)CCC(=O)N2CCC(NC(=O)c3cc(Cl)ccc3Cl)CC2)cc1. The van der Waals surface area contributed by atoms with Gasteiger partial charge in [0.25, 0.3) is 5.91 Å². The van der Waals surface area contributed by atoms with Gasteiger partial charge in [0.1, 0.15) is 0 Å². The highest BCUT2D eigenvalue weighted by molar-refractivity contribution is 6.35. The number of carbonyl (C=O) groups excluding carboxylic acids is 3. The van der Waals surface area contributed by atoms with Crippen LogP contribution in [0.25, 0.3) is 0 Å². The number of ketones is 1. The molecule has 30 heavy (non-hydrogen) atoms. The molecule has 1 heterocycles. The zero-order chi connectivity index (χ0) is 21.7. The van der Waals surface area contributed by atoms with Crippen LogP contribution in [0.3, 0.4) is 0 Å². The van der Waals surface area contributed by atoms with Crippen LogP contribution in [0.4, 0.5) is 0 Å². The quantitative estimate of drug-likeness (QED) is 0.654. The van der Waals surface area contributed by atoms with Crippen LogP contribution in [-0.4, -0.2) is 41.6 Å². The summed E-state index contributed by atoms with van der Waals surface area (Å²) in [5, 5.41) is 3.76. The van der Waals surface area contributed by atoms with E-state index in [2.05, 4.69) is 5.32 Å². The minimum Gasteiger partial charge on any atom is -0.349 e. The molecule has 0 aromatic heterocycles. The second-order valence-electron chi connectivity index (χ2n) is 7.54. The molecule has 0 spiro atoms. The molecular weight excluding hydrogens is 423 g/mol. The molecule has 1 fully saturated rings. The molecule has 158 valence electrons. The molecule has 2 aromatic rings. The number of halogens is 2. The predicted octanol–water partition coefficient (Wildman–Crippen LogP) is 4.69. The Hall–Kier alpha value is -2.37. The van der Waals surface area contributed by atoms with Gasteiger partial charge < -0.3 is 10.2 Å². The van der Waals surface area contributed by atoms with Crippen molar-refractivity contribution in [2.45, 2.75) is 38.6 Å². The molecule has 1 aliphatic rings. The van der Waals surface area contributed by atoms with Gasteiger partial charge in [-0.1, -0.05) is 53.0 Å². The van der Waals surface area contributed by atoms with Crippen LogP contribution in [0.5, 0.6) is 0 Å². The van der Waals surface area contributed by atoms with E-state index in [1.54, 1.807) is 35.2 Å². The zero-order valence-electron chi connectivity index (χ0n) is 16.8. The third-order valence-corrected chi connectivity index (χ3v) is 5.86. The van der Waals surface area contributed by atoms with Gasteiger partial charge in [-0.2, -0.15) is 0 Å². The van der Waals surface area contributed by atoms with Crippen LogP contribution < -0.4 is 5.32 Å². The molecule has 0 bridgehead atoms. The molecule has 0 atom stereocenters. The highest BCUT2D eigenvalue weighted by Gasteiger charge is 2.25. The first-order valence-corrected chi connectivity index (χ1v) is 10.7. The normalized spacial score (nSPS) is 14.4. The highest BCUT2D eigenvalue weighted by Crippen LogP contribution is 2.21. The Balaban J connectivity index is 1.45. The minimum atomic E-state index is -0.268. The average Bonchev–Trinajstić information content (AvgIpc) is 2.74. The lowest BCUT2D eigenvalue weighted by atomic mass is 10.0. The van der Waals surface area contributed by atoms with Gasteiger partial charge in [0, 0.05) is 42.6 Å². The number of hydrogen-bond acceptors (Lipinski definition) is 3. The Bertz CT molecular complexity index is 936. The minimum absolute atomic E-state index is 0.0242. The topological polar surface area (TPSA) is 66.5 Å². The number of likely N-dealkylation sites (tertiary alicyclic amines) is 1. The van der Waals surface area contributed by atoms with Crippen molar-refractivity contribution < 1.29 is 14.4 Å². The monoisotopic (exact) mass is 446 g/mol. The van der Waals surface area contributed by atoms with Crippen molar-refractivity contribution in [3.05, 3.63) is 69.2 Å². The van der Waals surface area contributed by atoms with Crippen molar-refractivity contribution in [3.63, 3.8) is 0 Å². The summed E-state index contributed by atoms with van der Waals surface area (Å²) in [6.45, 7) is 3.06. The van der Waals surface area contributed by atoms with E-state index in [0.29, 0.717) is 47.1 Å². The van der Waals surface area contributed by atoms with E-state index in [9.17, 15) is 14.4 Å². The van der Waals surface area contributed by atoms with Crippen molar-refractivity contribution in [1.29, 1.82) is 0 Å². The van der Waals surface area contributed by atoms with Crippen molar-refractivity contribution in [1.82, 2.24) is 10.2 Å². The lowest BCUT2D eigenvalue weighted by molar-refractivity contribution is -0.132. The maximum Gasteiger partial charge on any atom is 0.253 e. The Kier molecular flexibility index (Phi) is 7.51. The van der Waals surface area contributed by atoms with Gasteiger partial charge in [-0.15, -0.1) is 0 Å². The fourth-order valence-electron chi connectivity index (χ4n) is 3.47. The molecule has 0 radical (unpaired) electrons. The first-order valence-electron chi connectivity index (χ1n) is 9.97. The van der Waals surface area contributed by atoms with Crippen LogP contribution >= 0.6 is 23.2 Å². The molecule has 1 N–H and O–H groups in total. The van der Waals surface area contributed by atoms with Gasteiger partial charge in [-0.05, 0) is 38.0 Å². The lowest BCUT2D eigenvalue weighted by Crippen LogP contribution is -2.46. The summed E-state index contributed by atoms with van der Waals surface area (Å²) in [4.78, 5) is 39.0. The molecule has 0 unspecified atom stereocenters. The van der Waals surface area contributed by atoms with Gasteiger partial charge in [-0.25, -0.2) is 0 Å². The largest absolute Gasteiger partial charge is 0.349 e. The van der Waals surface area contributed by atoms with Crippen LogP contribution in [-0.2, 0) is 4.79 Å². The number of nitrogens with one attached hydrogen (secondary N) is 1. The average molecular weight is 447 g/mol. The Morgan fingerprint density at radius 2 is 1.67 bits per heavy atom. The Labute approximate surface area is 186 Å². The number of hydrogen-bond donors (Lipinski definition) is 1. The molecule has 1 aliphatic heterocycles. The van der Waals surface area contributed by atoms with Crippen molar-refractivity contribution in [2.24, 2.45) is 0 Å². The van der Waals surface area contributed by atoms with Gasteiger partial charge in [0.15, 0.2) is 5.78 Å². The second-order valence-corrected chi connectivity index (χ2v) is 8.39. The van der Waals surface area contributed by atoms with Crippen molar-refractivity contribution in [3.8, 4) is 0 Å². The maximum absolute atomic E-state index is 12.5. The van der Waals surface area contributed by atoms with Crippen LogP contribution in [0.15, 0.2) is 42.5 Å². The molecule has 2 aromatic carbocycles. The van der Waals surface area contributed by atoms with E-state index in [4.69, 9.17) is 23.2 Å². The lowest BCUT2D eigenvalue weighted by Gasteiger charge is -2.32. The van der Waals surface area contributed by atoms with Crippen LogP contribution in [0.1, 0.15) is 52.0 Å². The molecule has 3 rings (SSSR count). The number of rotatable bonds is 6. The molecule has 5 nitrogen and oxygen atoms in total. The molecule has 2 amide bonds. The third kappa shape index (κ3) is 5.83. The molecule has 1 saturated heterocycles. The summed E-state index contributed by atoms with van der Waals surface area (Å²) < 4.78 is 0. The molecule has 0 aliphatic carbocycles. The van der Waals surface area contributed by atoms with Crippen molar-refractivity contribution >= 4 is 40.8 Å². The van der Waals surface area contributed by atoms with Gasteiger partial charge >= 0.3 is 0 Å². The molecule has 0 saturated carbocycles. The number of amides is 2. The van der Waals surface area contributed by atoms with E-state index in [1.165, 1.54) is 0 Å². The van der Waals surface area contributed by atoms with Gasteiger partial charge in [0.05, 0.1) is 10.6 Å². The van der Waals surface area contributed by atoms with Crippen LogP contribution in [0, 0.1) is 6.92 Å². The number of Topliss-reactive ketones (excluding diaryl/α,β-unsaturated/α-hetero) is 1. The fraction of sp³-hybridized carbons (Fsp3) is 0.348. The number of carbonyl (C=O) groups is 3. The van der Waals surface area contributed by atoms with Gasteiger partial charge in [0.2, 0.25) is 5.91 Å². The molecule has 7 heteroatoms. The van der Waals surface area contributed by atoms with E-state index < -0.39 is 0 Å². The summed E-state index contributed by atoms with van der Waals surface area (Å²) in [6, 6.07) is 12.1. The number of benzene rings is 2. The second kappa shape index (κ2) is 10.1. The zero-order valence-corrected chi connectivity index (χ0v) is 18.3. The Morgan fingerprint density at radius 3 is 2.33 bits per heavy atom. The smallest absolute Gasteiger partial charge is 0.253 e. The number of aryl methyl sites for hydroxylation is 1. The first kappa shape index (κ1) is 22.3. The predicted molar refractivity (Wildman–Crippen MR) is 118 cm³/mol. The summed E-state index contributed by atoms with van der Waals surface area (Å²) >= 11 is 12.0. The van der Waals surface area contributed by atoms with E-state index in [0.717, 1.165) is 5.56 Å². The van der Waals surface area contributed by atoms with E-state index in [-0.39, 0.29) is 36.5 Å². The first-order chi connectivity index (χ1) is 14.3. The Morgan fingerprint density at radius 1 is 1.00 bits per heavy atom. The highest BCUT2D eigenvalue weighted by atomic mass is 35.5. The van der Waals surface area contributed by atoms with E-state index in [1.807, 2.05) is 19.1 Å². The van der Waals surface area contributed by atoms with Gasteiger partial charge in [-0.3, -0.25) is 14.4 Å². The summed E-state index contributed by atoms with van der Waals surface area (Å²) in [5.41, 5.74) is 2.07. The maximum atomic E-state index is 12.5. The summed E-state index contributed by atoms with van der Waals surface area (Å²) in [7, 11) is 0. The standard InChI is InChI=1S/C23H24Cl2N2O3/c1-15-2-4-16(5-3-15)21(28)8-9-22(29)27-12-10-18(11-13-27)26-23(30)19-14-17(24)6-7-20(19)25/h2-7,14,18H,8-13H2,1H3,(H,26,30). The fourth-order valence-corrected chi connectivity index (χ4v) is 3.85.